The van der Waals surface area contributed by atoms with Crippen molar-refractivity contribution in [3.05, 3.63) is 29.0 Å². The number of nitrogens with one attached hydrogen (secondary N) is 1. The highest BCUT2D eigenvalue weighted by Crippen LogP contribution is 2.40. The summed E-state index contributed by atoms with van der Waals surface area (Å²) in [5.74, 6) is 0.110. The molecule has 0 spiro atoms. The second-order valence-corrected chi connectivity index (χ2v) is 6.37. The molecule has 4 heteroatoms. The predicted octanol–water partition coefficient (Wildman–Crippen LogP) is 3.78. The summed E-state index contributed by atoms with van der Waals surface area (Å²) in [5, 5.41) is 3.55. The van der Waals surface area contributed by atoms with Crippen molar-refractivity contribution in [2.45, 2.75) is 44.8 Å². The van der Waals surface area contributed by atoms with Gasteiger partial charge in [0.2, 0.25) is 0 Å². The summed E-state index contributed by atoms with van der Waals surface area (Å²) in [4.78, 5) is 0. The van der Waals surface area contributed by atoms with Gasteiger partial charge in [0.1, 0.15) is 17.2 Å². The molecule has 1 aromatic carbocycles. The highest BCUT2D eigenvalue weighted by Gasteiger charge is 2.45. The topological polar surface area (TPSA) is 21.3 Å². The maximum Gasteiger partial charge on any atom is 0.145 e. The fraction of sp³-hybridized carbons (Fsp3) is 0.571. The lowest BCUT2D eigenvalue weighted by Gasteiger charge is -2.26. The van der Waals surface area contributed by atoms with E-state index in [-0.39, 0.29) is 16.2 Å². The fourth-order valence-electron chi connectivity index (χ4n) is 1.67. The van der Waals surface area contributed by atoms with E-state index >= 15 is 0 Å². The molecule has 1 fully saturated rings. The molecule has 0 bridgehead atoms. The normalized spacial score (nSPS) is 17.6. The van der Waals surface area contributed by atoms with E-state index in [2.05, 4.69) is 26.1 Å². The van der Waals surface area contributed by atoms with E-state index in [1.807, 2.05) is 0 Å². The molecular formula is C14H19ClFNO. The number of halogens is 2. The van der Waals surface area contributed by atoms with E-state index in [0.29, 0.717) is 5.75 Å². The lowest BCUT2D eigenvalue weighted by Crippen LogP contribution is -2.43. The van der Waals surface area contributed by atoms with Gasteiger partial charge in [-0.15, -0.1) is 0 Å². The van der Waals surface area contributed by atoms with Crippen LogP contribution >= 0.6 is 11.6 Å². The van der Waals surface area contributed by atoms with Crippen molar-refractivity contribution >= 4 is 11.6 Å². The van der Waals surface area contributed by atoms with Crippen molar-refractivity contribution in [2.75, 3.05) is 6.54 Å². The highest BCUT2D eigenvalue weighted by atomic mass is 35.5. The quantitative estimate of drug-likeness (QED) is 0.900. The third-order valence-electron chi connectivity index (χ3n) is 2.97. The highest BCUT2D eigenvalue weighted by molar-refractivity contribution is 6.30. The van der Waals surface area contributed by atoms with Crippen LogP contribution < -0.4 is 10.1 Å². The Bertz CT molecular complexity index is 438. The van der Waals surface area contributed by atoms with Gasteiger partial charge in [0.25, 0.3) is 0 Å². The average molecular weight is 272 g/mol. The lowest BCUT2D eigenvalue weighted by molar-refractivity contribution is 0.163. The molecule has 0 amide bonds. The van der Waals surface area contributed by atoms with Crippen LogP contribution in [0.25, 0.3) is 0 Å². The van der Waals surface area contributed by atoms with Gasteiger partial charge in [-0.05, 0) is 45.7 Å². The summed E-state index contributed by atoms with van der Waals surface area (Å²) in [6, 6.07) is 4.58. The first-order chi connectivity index (χ1) is 8.30. The maximum absolute atomic E-state index is 13.3. The molecule has 1 aliphatic rings. The summed E-state index contributed by atoms with van der Waals surface area (Å²) in [6.07, 6.45) is 2.00. The molecule has 2 rings (SSSR count). The summed E-state index contributed by atoms with van der Waals surface area (Å²) < 4.78 is 19.2. The Morgan fingerprint density at radius 2 is 2.06 bits per heavy atom. The maximum atomic E-state index is 13.3. The van der Waals surface area contributed by atoms with Crippen LogP contribution in [0, 0.1) is 5.82 Å². The van der Waals surface area contributed by atoms with Crippen LogP contribution in [0.1, 0.15) is 33.6 Å². The Hall–Kier alpha value is -0.800. The zero-order chi connectivity index (χ0) is 13.4. The lowest BCUT2D eigenvalue weighted by atomic mass is 10.1. The van der Waals surface area contributed by atoms with Gasteiger partial charge in [0, 0.05) is 18.2 Å². The standard InChI is InChI=1S/C14H19ClFNO/c1-13(2,3)17-9-14(6-7-14)18-10-4-5-11(15)12(16)8-10/h4-5,8,17H,6-7,9H2,1-3H3. The molecule has 1 N–H and O–H groups in total. The molecule has 18 heavy (non-hydrogen) atoms. The van der Waals surface area contributed by atoms with E-state index in [1.54, 1.807) is 6.07 Å². The molecule has 0 saturated heterocycles. The van der Waals surface area contributed by atoms with E-state index in [4.69, 9.17) is 16.3 Å². The average Bonchev–Trinajstić information content (AvgIpc) is 3.01. The van der Waals surface area contributed by atoms with Crippen LogP contribution in [0.3, 0.4) is 0 Å². The molecule has 0 atom stereocenters. The fourth-order valence-corrected chi connectivity index (χ4v) is 1.79. The van der Waals surface area contributed by atoms with Crippen LogP contribution in [-0.2, 0) is 0 Å². The molecule has 0 heterocycles. The van der Waals surface area contributed by atoms with Crippen LogP contribution in [0.5, 0.6) is 5.75 Å². The minimum Gasteiger partial charge on any atom is -0.486 e. The molecule has 2 nitrogen and oxygen atoms in total. The summed E-state index contributed by atoms with van der Waals surface area (Å²) in [7, 11) is 0. The van der Waals surface area contributed by atoms with Gasteiger partial charge < -0.3 is 10.1 Å². The summed E-state index contributed by atoms with van der Waals surface area (Å²) >= 11 is 5.65. The van der Waals surface area contributed by atoms with Gasteiger partial charge in [-0.2, -0.15) is 0 Å². The first-order valence-corrected chi connectivity index (χ1v) is 6.57. The molecule has 1 saturated carbocycles. The van der Waals surface area contributed by atoms with Gasteiger partial charge in [0.15, 0.2) is 0 Å². The molecule has 0 aromatic heterocycles. The molecule has 1 aliphatic carbocycles. The molecular weight excluding hydrogens is 253 g/mol. The zero-order valence-electron chi connectivity index (χ0n) is 11.0. The zero-order valence-corrected chi connectivity index (χ0v) is 11.8. The summed E-state index contributed by atoms with van der Waals surface area (Å²) in [6.45, 7) is 7.13. The molecule has 0 aliphatic heterocycles. The van der Waals surface area contributed by atoms with Gasteiger partial charge >= 0.3 is 0 Å². The van der Waals surface area contributed by atoms with Crippen LogP contribution in [0.2, 0.25) is 5.02 Å². The number of ether oxygens (including phenoxy) is 1. The van der Waals surface area contributed by atoms with E-state index in [0.717, 1.165) is 19.4 Å². The van der Waals surface area contributed by atoms with E-state index < -0.39 is 5.82 Å². The van der Waals surface area contributed by atoms with Crippen LogP contribution in [-0.4, -0.2) is 17.7 Å². The Labute approximate surface area is 112 Å². The van der Waals surface area contributed by atoms with Crippen molar-refractivity contribution in [1.29, 1.82) is 0 Å². The SMILES string of the molecule is CC(C)(C)NCC1(Oc2ccc(Cl)c(F)c2)CC1. The molecule has 1 aromatic rings. The number of benzene rings is 1. The smallest absolute Gasteiger partial charge is 0.145 e. The number of hydrogen-bond donors (Lipinski definition) is 1. The summed E-state index contributed by atoms with van der Waals surface area (Å²) in [5.41, 5.74) is -0.113. The Morgan fingerprint density at radius 3 is 2.56 bits per heavy atom. The van der Waals surface area contributed by atoms with Crippen molar-refractivity contribution in [3.63, 3.8) is 0 Å². The second kappa shape index (κ2) is 4.71. The van der Waals surface area contributed by atoms with Crippen molar-refractivity contribution in [1.82, 2.24) is 5.32 Å². The van der Waals surface area contributed by atoms with E-state index in [1.165, 1.54) is 12.1 Å². The first-order valence-electron chi connectivity index (χ1n) is 6.19. The van der Waals surface area contributed by atoms with Crippen molar-refractivity contribution in [3.8, 4) is 5.75 Å². The number of hydrogen-bond acceptors (Lipinski definition) is 2. The first kappa shape index (κ1) is 13.6. The third-order valence-corrected chi connectivity index (χ3v) is 3.28. The van der Waals surface area contributed by atoms with Gasteiger partial charge in [-0.25, -0.2) is 4.39 Å². The van der Waals surface area contributed by atoms with Gasteiger partial charge in [-0.1, -0.05) is 11.6 Å². The Balaban J connectivity index is 1.98. The minimum absolute atomic E-state index is 0.0597. The second-order valence-electron chi connectivity index (χ2n) is 5.96. The van der Waals surface area contributed by atoms with E-state index in [9.17, 15) is 4.39 Å². The van der Waals surface area contributed by atoms with Crippen LogP contribution in [0.15, 0.2) is 18.2 Å². The van der Waals surface area contributed by atoms with Crippen molar-refractivity contribution < 1.29 is 9.13 Å². The molecule has 0 unspecified atom stereocenters. The molecule has 0 radical (unpaired) electrons. The monoisotopic (exact) mass is 271 g/mol. The van der Waals surface area contributed by atoms with Gasteiger partial charge in [0.05, 0.1) is 5.02 Å². The van der Waals surface area contributed by atoms with Crippen molar-refractivity contribution in [2.24, 2.45) is 0 Å². The minimum atomic E-state index is -0.436. The Kier molecular flexibility index (Phi) is 3.56. The molecule has 100 valence electrons. The largest absolute Gasteiger partial charge is 0.486 e. The number of rotatable bonds is 4. The predicted molar refractivity (Wildman–Crippen MR) is 71.8 cm³/mol. The van der Waals surface area contributed by atoms with Gasteiger partial charge in [-0.3, -0.25) is 0 Å². The third kappa shape index (κ3) is 3.59. The van der Waals surface area contributed by atoms with Crippen LogP contribution in [0.4, 0.5) is 4.39 Å². The Morgan fingerprint density at radius 1 is 1.39 bits per heavy atom.